The Labute approximate surface area is 123 Å². The van der Waals surface area contributed by atoms with Gasteiger partial charge in [-0.1, -0.05) is 30.0 Å². The van der Waals surface area contributed by atoms with Crippen LogP contribution in [0.3, 0.4) is 0 Å². The van der Waals surface area contributed by atoms with E-state index in [0.29, 0.717) is 0 Å². The fraction of sp³-hybridized carbons (Fsp3) is 0. The third-order valence-electron chi connectivity index (χ3n) is 2.56. The summed E-state index contributed by atoms with van der Waals surface area (Å²) >= 11 is 1.07. The van der Waals surface area contributed by atoms with Gasteiger partial charge < -0.3 is 0 Å². The maximum Gasteiger partial charge on any atom is 0.295 e. The fourth-order valence-electron chi connectivity index (χ4n) is 1.64. The molecule has 0 fully saturated rings. The van der Waals surface area contributed by atoms with E-state index < -0.39 is 21.2 Å². The monoisotopic (exact) mass is 301 g/mol. The van der Waals surface area contributed by atoms with Crippen molar-refractivity contribution in [3.05, 3.63) is 68.3 Å². The molecule has 2 rings (SSSR count). The lowest BCUT2D eigenvalue weighted by Crippen LogP contribution is -1.97. The van der Waals surface area contributed by atoms with Gasteiger partial charge in [0.1, 0.15) is 11.6 Å². The van der Waals surface area contributed by atoms with Gasteiger partial charge in [-0.2, -0.15) is 5.26 Å². The fourth-order valence-corrected chi connectivity index (χ4v) is 2.62. The number of nitrogens with zero attached hydrogens (tertiary/aromatic N) is 3. The molecule has 0 radical (unpaired) electrons. The second-order valence-electron chi connectivity index (χ2n) is 3.88. The van der Waals surface area contributed by atoms with Crippen molar-refractivity contribution in [2.75, 3.05) is 0 Å². The summed E-state index contributed by atoms with van der Waals surface area (Å²) in [6.07, 6.45) is 0. The maximum absolute atomic E-state index is 11.0. The summed E-state index contributed by atoms with van der Waals surface area (Å²) in [5.74, 6) is 0. The summed E-state index contributed by atoms with van der Waals surface area (Å²) in [6.45, 7) is 0. The number of nitro groups is 2. The van der Waals surface area contributed by atoms with Crippen LogP contribution in [0.5, 0.6) is 0 Å². The van der Waals surface area contributed by atoms with Crippen LogP contribution in [0, 0.1) is 31.6 Å². The van der Waals surface area contributed by atoms with E-state index in [9.17, 15) is 20.2 Å². The molecule has 0 saturated heterocycles. The van der Waals surface area contributed by atoms with Crippen LogP contribution < -0.4 is 0 Å². The average Bonchev–Trinajstić information content (AvgIpc) is 2.47. The normalized spacial score (nSPS) is 9.86. The van der Waals surface area contributed by atoms with Crippen LogP contribution in [0.1, 0.15) is 5.56 Å². The van der Waals surface area contributed by atoms with Crippen LogP contribution in [0.4, 0.5) is 11.4 Å². The second-order valence-corrected chi connectivity index (χ2v) is 4.99. The van der Waals surface area contributed by atoms with Crippen molar-refractivity contribution in [2.24, 2.45) is 0 Å². The standard InChI is InChI=1S/C13H7N3O4S/c14-8-11-12(16(19)20)6-9(15(17)18)7-13(11)21-10-4-2-1-3-5-10/h1-7H. The van der Waals surface area contributed by atoms with Crippen molar-refractivity contribution in [3.63, 3.8) is 0 Å². The molecule has 0 aliphatic heterocycles. The van der Waals surface area contributed by atoms with Gasteiger partial charge in [0.25, 0.3) is 11.4 Å². The Kier molecular flexibility index (Phi) is 4.15. The van der Waals surface area contributed by atoms with Gasteiger partial charge in [0.2, 0.25) is 0 Å². The molecule has 0 spiro atoms. The zero-order valence-electron chi connectivity index (χ0n) is 10.4. The molecular formula is C13H7N3O4S. The zero-order chi connectivity index (χ0) is 15.4. The van der Waals surface area contributed by atoms with Gasteiger partial charge in [-0.05, 0) is 12.1 Å². The molecule has 104 valence electrons. The van der Waals surface area contributed by atoms with Gasteiger partial charge in [0.05, 0.1) is 15.9 Å². The predicted octanol–water partition coefficient (Wildman–Crippen LogP) is 3.53. The largest absolute Gasteiger partial charge is 0.295 e. The lowest BCUT2D eigenvalue weighted by Gasteiger charge is -2.04. The minimum absolute atomic E-state index is 0.181. The zero-order valence-corrected chi connectivity index (χ0v) is 11.2. The average molecular weight is 301 g/mol. The summed E-state index contributed by atoms with van der Waals surface area (Å²) in [5, 5.41) is 31.0. The van der Waals surface area contributed by atoms with Crippen molar-refractivity contribution >= 4 is 23.1 Å². The molecular weight excluding hydrogens is 294 g/mol. The first-order chi connectivity index (χ1) is 10.0. The number of hydrogen-bond acceptors (Lipinski definition) is 6. The first-order valence-electron chi connectivity index (χ1n) is 5.62. The molecule has 0 saturated carbocycles. The first kappa shape index (κ1) is 14.5. The molecule has 2 aromatic rings. The van der Waals surface area contributed by atoms with Gasteiger partial charge in [-0.3, -0.25) is 20.2 Å². The van der Waals surface area contributed by atoms with Crippen molar-refractivity contribution in [3.8, 4) is 6.07 Å². The molecule has 0 heterocycles. The van der Waals surface area contributed by atoms with Gasteiger partial charge in [0, 0.05) is 15.9 Å². The summed E-state index contributed by atoms with van der Waals surface area (Å²) in [6, 6.07) is 12.5. The van der Waals surface area contributed by atoms with Gasteiger partial charge in [-0.15, -0.1) is 0 Å². The lowest BCUT2D eigenvalue weighted by molar-refractivity contribution is -0.394. The molecule has 0 bridgehead atoms. The SMILES string of the molecule is N#Cc1c(Sc2ccccc2)cc([N+](=O)[O-])cc1[N+](=O)[O-]. The maximum atomic E-state index is 11.0. The molecule has 0 unspecified atom stereocenters. The van der Waals surface area contributed by atoms with E-state index in [1.807, 2.05) is 0 Å². The minimum Gasteiger partial charge on any atom is -0.258 e. The van der Waals surface area contributed by atoms with E-state index in [4.69, 9.17) is 5.26 Å². The van der Waals surface area contributed by atoms with Crippen LogP contribution in [-0.2, 0) is 0 Å². The highest BCUT2D eigenvalue weighted by Gasteiger charge is 2.24. The second kappa shape index (κ2) is 6.02. The number of rotatable bonds is 4. The summed E-state index contributed by atoms with van der Waals surface area (Å²) in [5.41, 5.74) is -1.16. The van der Waals surface area contributed by atoms with E-state index in [1.165, 1.54) is 6.07 Å². The topological polar surface area (TPSA) is 110 Å². The van der Waals surface area contributed by atoms with Crippen molar-refractivity contribution in [2.45, 2.75) is 9.79 Å². The highest BCUT2D eigenvalue weighted by Crippen LogP contribution is 2.37. The molecule has 2 aromatic carbocycles. The molecule has 0 aliphatic rings. The van der Waals surface area contributed by atoms with Crippen LogP contribution in [0.15, 0.2) is 52.3 Å². The van der Waals surface area contributed by atoms with Gasteiger partial charge >= 0.3 is 0 Å². The molecule has 0 atom stereocenters. The molecule has 7 nitrogen and oxygen atoms in total. The highest BCUT2D eigenvalue weighted by atomic mass is 32.2. The van der Waals surface area contributed by atoms with E-state index in [-0.39, 0.29) is 10.5 Å². The minimum atomic E-state index is -0.791. The number of benzene rings is 2. The lowest BCUT2D eigenvalue weighted by atomic mass is 10.2. The molecule has 21 heavy (non-hydrogen) atoms. The summed E-state index contributed by atoms with van der Waals surface area (Å²) in [4.78, 5) is 21.3. The van der Waals surface area contributed by atoms with E-state index in [1.54, 1.807) is 36.4 Å². The molecule has 0 aromatic heterocycles. The van der Waals surface area contributed by atoms with Crippen molar-refractivity contribution < 1.29 is 9.85 Å². The summed E-state index contributed by atoms with van der Waals surface area (Å²) in [7, 11) is 0. The Balaban J connectivity index is 2.60. The highest BCUT2D eigenvalue weighted by molar-refractivity contribution is 7.99. The van der Waals surface area contributed by atoms with Crippen molar-refractivity contribution in [1.82, 2.24) is 0 Å². The van der Waals surface area contributed by atoms with E-state index in [0.717, 1.165) is 22.7 Å². The predicted molar refractivity (Wildman–Crippen MR) is 75.0 cm³/mol. The molecule has 8 heteroatoms. The van der Waals surface area contributed by atoms with Crippen LogP contribution in [-0.4, -0.2) is 9.85 Å². The quantitative estimate of drug-likeness (QED) is 0.631. The Morgan fingerprint density at radius 3 is 2.24 bits per heavy atom. The van der Waals surface area contributed by atoms with Gasteiger partial charge in [0.15, 0.2) is 0 Å². The van der Waals surface area contributed by atoms with Crippen molar-refractivity contribution in [1.29, 1.82) is 5.26 Å². The Morgan fingerprint density at radius 1 is 1.05 bits per heavy atom. The Bertz CT molecular complexity index is 756. The Hall–Kier alpha value is -2.92. The summed E-state index contributed by atoms with van der Waals surface area (Å²) < 4.78 is 0. The van der Waals surface area contributed by atoms with Gasteiger partial charge in [-0.25, -0.2) is 0 Å². The molecule has 0 amide bonds. The number of nitro benzene ring substituents is 2. The first-order valence-corrected chi connectivity index (χ1v) is 6.44. The Morgan fingerprint density at radius 2 is 1.71 bits per heavy atom. The van der Waals surface area contributed by atoms with Crippen LogP contribution in [0.2, 0.25) is 0 Å². The molecule has 0 aliphatic carbocycles. The molecule has 0 N–H and O–H groups in total. The van der Waals surface area contributed by atoms with E-state index >= 15 is 0 Å². The number of hydrogen-bond donors (Lipinski definition) is 0. The van der Waals surface area contributed by atoms with Crippen LogP contribution in [0.25, 0.3) is 0 Å². The van der Waals surface area contributed by atoms with E-state index in [2.05, 4.69) is 0 Å². The smallest absolute Gasteiger partial charge is 0.258 e. The number of nitriles is 1. The number of non-ortho nitro benzene ring substituents is 1. The third kappa shape index (κ3) is 3.16. The third-order valence-corrected chi connectivity index (χ3v) is 3.61. The van der Waals surface area contributed by atoms with Crippen LogP contribution >= 0.6 is 11.8 Å².